The summed E-state index contributed by atoms with van der Waals surface area (Å²) in [6.07, 6.45) is 0. The van der Waals surface area contributed by atoms with Crippen LogP contribution in [-0.2, 0) is 0 Å². The molecule has 0 radical (unpaired) electrons. The Hall–Kier alpha value is -1.78. The van der Waals surface area contributed by atoms with E-state index in [1.807, 2.05) is 0 Å². The maximum atomic E-state index is 6.10. The summed E-state index contributed by atoms with van der Waals surface area (Å²) in [6, 6.07) is 10.6. The standard InChI is InChI=1S/C14H14Cl2N2O2/c1-19-9-3-5-11(15)13(7-9)17-18-14-8-10(20-2)4-6-12(14)16/h3-8,17-18H,1-2H3. The van der Waals surface area contributed by atoms with Crippen molar-refractivity contribution >= 4 is 34.6 Å². The molecule has 0 saturated carbocycles. The molecular weight excluding hydrogens is 299 g/mol. The van der Waals surface area contributed by atoms with E-state index >= 15 is 0 Å². The van der Waals surface area contributed by atoms with Gasteiger partial charge in [-0.15, -0.1) is 0 Å². The smallest absolute Gasteiger partial charge is 0.121 e. The largest absolute Gasteiger partial charge is 0.497 e. The lowest BCUT2D eigenvalue weighted by Gasteiger charge is -2.14. The van der Waals surface area contributed by atoms with Gasteiger partial charge in [-0.1, -0.05) is 23.2 Å². The number of ether oxygens (including phenoxy) is 2. The normalized spacial score (nSPS) is 10.0. The number of hydrogen-bond donors (Lipinski definition) is 2. The fourth-order valence-electron chi connectivity index (χ4n) is 1.59. The van der Waals surface area contributed by atoms with Gasteiger partial charge in [-0.3, -0.25) is 10.9 Å². The molecule has 0 fully saturated rings. The van der Waals surface area contributed by atoms with Gasteiger partial charge in [0.2, 0.25) is 0 Å². The monoisotopic (exact) mass is 312 g/mol. The van der Waals surface area contributed by atoms with Gasteiger partial charge in [0.1, 0.15) is 11.5 Å². The van der Waals surface area contributed by atoms with Crippen molar-refractivity contribution in [3.63, 3.8) is 0 Å². The van der Waals surface area contributed by atoms with Gasteiger partial charge in [0.25, 0.3) is 0 Å². The Kier molecular flexibility index (Phi) is 4.82. The lowest BCUT2D eigenvalue weighted by molar-refractivity contribution is 0.415. The van der Waals surface area contributed by atoms with Crippen molar-refractivity contribution in [1.29, 1.82) is 0 Å². The molecule has 106 valence electrons. The molecule has 0 spiro atoms. The summed E-state index contributed by atoms with van der Waals surface area (Å²) in [5.41, 5.74) is 7.36. The first-order valence-corrected chi connectivity index (χ1v) is 6.58. The van der Waals surface area contributed by atoms with Crippen molar-refractivity contribution in [2.45, 2.75) is 0 Å². The zero-order valence-corrected chi connectivity index (χ0v) is 12.5. The lowest BCUT2D eigenvalue weighted by Crippen LogP contribution is -2.09. The molecule has 0 saturated heterocycles. The molecule has 0 aliphatic heterocycles. The molecule has 2 N–H and O–H groups in total. The minimum absolute atomic E-state index is 0.567. The van der Waals surface area contributed by atoms with Gasteiger partial charge < -0.3 is 9.47 Å². The van der Waals surface area contributed by atoms with Gasteiger partial charge in [-0.2, -0.15) is 0 Å². The third kappa shape index (κ3) is 3.40. The number of hydrogen-bond acceptors (Lipinski definition) is 4. The van der Waals surface area contributed by atoms with Gasteiger partial charge in [0, 0.05) is 12.1 Å². The van der Waals surface area contributed by atoms with Crippen LogP contribution in [0.3, 0.4) is 0 Å². The highest BCUT2D eigenvalue weighted by Gasteiger charge is 2.05. The molecule has 6 heteroatoms. The second kappa shape index (κ2) is 6.59. The molecule has 0 unspecified atom stereocenters. The van der Waals surface area contributed by atoms with Crippen molar-refractivity contribution in [1.82, 2.24) is 0 Å². The van der Waals surface area contributed by atoms with Crippen LogP contribution in [-0.4, -0.2) is 14.2 Å². The lowest BCUT2D eigenvalue weighted by atomic mass is 10.3. The van der Waals surface area contributed by atoms with Crippen molar-refractivity contribution in [2.24, 2.45) is 0 Å². The Morgan fingerprint density at radius 1 is 0.750 bits per heavy atom. The summed E-state index contributed by atoms with van der Waals surface area (Å²) in [7, 11) is 3.19. The van der Waals surface area contributed by atoms with Crippen LogP contribution < -0.4 is 20.3 Å². The van der Waals surface area contributed by atoms with Gasteiger partial charge >= 0.3 is 0 Å². The number of rotatable bonds is 5. The van der Waals surface area contributed by atoms with E-state index in [0.717, 1.165) is 0 Å². The van der Waals surface area contributed by atoms with Crippen LogP contribution in [0.1, 0.15) is 0 Å². The van der Waals surface area contributed by atoms with E-state index < -0.39 is 0 Å². The SMILES string of the molecule is COc1ccc(Cl)c(NNc2cc(OC)ccc2Cl)c1. The number of nitrogens with one attached hydrogen (secondary N) is 2. The molecule has 2 aromatic carbocycles. The van der Waals surface area contributed by atoms with Gasteiger partial charge in [-0.05, 0) is 24.3 Å². The average Bonchev–Trinajstić information content (AvgIpc) is 2.48. The fourth-order valence-corrected chi connectivity index (χ4v) is 1.92. The van der Waals surface area contributed by atoms with Gasteiger partial charge in [0.05, 0.1) is 35.6 Å². The molecule has 2 rings (SSSR count). The molecule has 0 aromatic heterocycles. The van der Waals surface area contributed by atoms with Crippen LogP contribution in [0.25, 0.3) is 0 Å². The quantitative estimate of drug-likeness (QED) is 0.800. The fraction of sp³-hybridized carbons (Fsp3) is 0.143. The Morgan fingerprint density at radius 2 is 1.15 bits per heavy atom. The van der Waals surface area contributed by atoms with Crippen LogP contribution in [0.5, 0.6) is 11.5 Å². The van der Waals surface area contributed by atoms with Crippen LogP contribution >= 0.6 is 23.2 Å². The Bertz CT molecular complexity index is 552. The summed E-state index contributed by atoms with van der Waals surface area (Å²) in [6.45, 7) is 0. The summed E-state index contributed by atoms with van der Waals surface area (Å²) in [5.74, 6) is 1.41. The van der Waals surface area contributed by atoms with Gasteiger partial charge in [-0.25, -0.2) is 0 Å². The number of halogens is 2. The second-order valence-electron chi connectivity index (χ2n) is 3.94. The third-order valence-electron chi connectivity index (χ3n) is 2.68. The van der Waals surface area contributed by atoms with Crippen LogP contribution in [0, 0.1) is 0 Å². The first-order chi connectivity index (χ1) is 9.63. The van der Waals surface area contributed by atoms with Crippen molar-refractivity contribution in [3.8, 4) is 11.5 Å². The first kappa shape index (κ1) is 14.6. The van der Waals surface area contributed by atoms with Gasteiger partial charge in [0.15, 0.2) is 0 Å². The van der Waals surface area contributed by atoms with E-state index in [4.69, 9.17) is 32.7 Å². The van der Waals surface area contributed by atoms with Crippen molar-refractivity contribution in [3.05, 3.63) is 46.4 Å². The van der Waals surface area contributed by atoms with Crippen LogP contribution in [0.4, 0.5) is 11.4 Å². The zero-order chi connectivity index (χ0) is 14.5. The summed E-state index contributed by atoms with van der Waals surface area (Å²) in [5, 5.41) is 1.13. The molecule has 0 bridgehead atoms. The number of methoxy groups -OCH3 is 2. The van der Waals surface area contributed by atoms with Crippen molar-refractivity contribution in [2.75, 3.05) is 25.1 Å². The minimum Gasteiger partial charge on any atom is -0.497 e. The summed E-state index contributed by atoms with van der Waals surface area (Å²) >= 11 is 12.2. The highest BCUT2D eigenvalue weighted by Crippen LogP contribution is 2.29. The average molecular weight is 313 g/mol. The maximum Gasteiger partial charge on any atom is 0.121 e. The second-order valence-corrected chi connectivity index (χ2v) is 4.76. The molecule has 20 heavy (non-hydrogen) atoms. The first-order valence-electron chi connectivity index (χ1n) is 5.83. The topological polar surface area (TPSA) is 42.5 Å². The Balaban J connectivity index is 2.16. The molecule has 2 aromatic rings. The third-order valence-corrected chi connectivity index (χ3v) is 3.34. The number of hydrazine groups is 1. The Labute approximate surface area is 127 Å². The van der Waals surface area contributed by atoms with E-state index in [1.165, 1.54) is 0 Å². The van der Waals surface area contributed by atoms with E-state index in [9.17, 15) is 0 Å². The predicted molar refractivity (Wildman–Crippen MR) is 83.3 cm³/mol. The highest BCUT2D eigenvalue weighted by atomic mass is 35.5. The molecule has 0 heterocycles. The number of anilines is 2. The summed E-state index contributed by atoms with van der Waals surface area (Å²) in [4.78, 5) is 0. The minimum atomic E-state index is 0.567. The van der Waals surface area contributed by atoms with E-state index in [0.29, 0.717) is 32.9 Å². The van der Waals surface area contributed by atoms with E-state index in [1.54, 1.807) is 50.6 Å². The zero-order valence-electron chi connectivity index (χ0n) is 11.0. The van der Waals surface area contributed by atoms with E-state index in [2.05, 4.69) is 10.9 Å². The summed E-state index contributed by atoms with van der Waals surface area (Å²) < 4.78 is 10.3. The molecule has 0 amide bonds. The molecule has 0 aliphatic rings. The molecular formula is C14H14Cl2N2O2. The number of benzene rings is 2. The molecule has 0 aliphatic carbocycles. The van der Waals surface area contributed by atoms with Crippen molar-refractivity contribution < 1.29 is 9.47 Å². The highest BCUT2D eigenvalue weighted by molar-refractivity contribution is 6.34. The van der Waals surface area contributed by atoms with Crippen LogP contribution in [0.15, 0.2) is 36.4 Å². The molecule has 4 nitrogen and oxygen atoms in total. The van der Waals surface area contributed by atoms with Crippen LogP contribution in [0.2, 0.25) is 10.0 Å². The maximum absolute atomic E-state index is 6.10. The Morgan fingerprint density at radius 3 is 1.50 bits per heavy atom. The van der Waals surface area contributed by atoms with E-state index in [-0.39, 0.29) is 0 Å². The predicted octanol–water partition coefficient (Wildman–Crippen LogP) is 4.45. The molecule has 0 atom stereocenters.